The molecule has 7 nitrogen and oxygen atoms in total. The van der Waals surface area contributed by atoms with E-state index in [0.29, 0.717) is 23.5 Å². The second-order valence-corrected chi connectivity index (χ2v) is 6.16. The van der Waals surface area contributed by atoms with Crippen LogP contribution in [0.25, 0.3) is 0 Å². The molecule has 0 aromatic heterocycles. The van der Waals surface area contributed by atoms with Crippen molar-refractivity contribution in [1.29, 1.82) is 0 Å². The SMILES string of the molecule is COC(=O)c1ccccc1NC(=O)C1CC1C(=O)Nc1ccccc1OC. The van der Waals surface area contributed by atoms with Gasteiger partial charge in [0.05, 0.1) is 43.0 Å². The van der Waals surface area contributed by atoms with Gasteiger partial charge in [-0.05, 0) is 30.7 Å². The molecule has 1 aliphatic rings. The van der Waals surface area contributed by atoms with E-state index in [-0.39, 0.29) is 17.4 Å². The molecule has 7 heteroatoms. The van der Waals surface area contributed by atoms with E-state index >= 15 is 0 Å². The second kappa shape index (κ2) is 7.90. The summed E-state index contributed by atoms with van der Waals surface area (Å²) in [4.78, 5) is 36.7. The average Bonchev–Trinajstić information content (AvgIpc) is 3.49. The van der Waals surface area contributed by atoms with Crippen LogP contribution in [0.15, 0.2) is 48.5 Å². The van der Waals surface area contributed by atoms with Crippen LogP contribution in [0.3, 0.4) is 0 Å². The Hall–Kier alpha value is -3.35. The summed E-state index contributed by atoms with van der Waals surface area (Å²) in [5.74, 6) is -1.37. The van der Waals surface area contributed by atoms with Crippen LogP contribution >= 0.6 is 0 Å². The van der Waals surface area contributed by atoms with Crippen molar-refractivity contribution in [3.8, 4) is 5.75 Å². The first kappa shape index (κ1) is 18.4. The van der Waals surface area contributed by atoms with Gasteiger partial charge in [-0.25, -0.2) is 4.79 Å². The molecule has 2 atom stereocenters. The number of nitrogens with one attached hydrogen (secondary N) is 2. The summed E-state index contributed by atoms with van der Waals surface area (Å²) >= 11 is 0. The largest absolute Gasteiger partial charge is 0.495 e. The van der Waals surface area contributed by atoms with Gasteiger partial charge in [-0.3, -0.25) is 9.59 Å². The Morgan fingerprint density at radius 3 is 2.04 bits per heavy atom. The van der Waals surface area contributed by atoms with E-state index in [9.17, 15) is 14.4 Å². The van der Waals surface area contributed by atoms with Crippen LogP contribution in [-0.2, 0) is 14.3 Å². The molecule has 0 aliphatic heterocycles. The lowest BCUT2D eigenvalue weighted by Crippen LogP contribution is -2.21. The summed E-state index contributed by atoms with van der Waals surface area (Å²) in [5, 5.41) is 5.51. The molecule has 0 spiro atoms. The quantitative estimate of drug-likeness (QED) is 0.765. The van der Waals surface area contributed by atoms with Crippen molar-refractivity contribution < 1.29 is 23.9 Å². The Morgan fingerprint density at radius 2 is 1.41 bits per heavy atom. The minimum Gasteiger partial charge on any atom is -0.495 e. The number of benzene rings is 2. The first-order valence-corrected chi connectivity index (χ1v) is 8.47. The zero-order valence-electron chi connectivity index (χ0n) is 15.0. The summed E-state index contributed by atoms with van der Waals surface area (Å²) in [6.07, 6.45) is 0.452. The highest BCUT2D eigenvalue weighted by Gasteiger charge is 2.48. The number of hydrogen-bond acceptors (Lipinski definition) is 5. The van der Waals surface area contributed by atoms with Crippen molar-refractivity contribution >= 4 is 29.2 Å². The van der Waals surface area contributed by atoms with Crippen LogP contribution in [0.1, 0.15) is 16.8 Å². The molecular formula is C20H20N2O5. The van der Waals surface area contributed by atoms with Crippen LogP contribution in [0, 0.1) is 11.8 Å². The number of methoxy groups -OCH3 is 2. The number of rotatable bonds is 6. The van der Waals surface area contributed by atoms with Crippen molar-refractivity contribution in [2.24, 2.45) is 11.8 Å². The Morgan fingerprint density at radius 1 is 0.852 bits per heavy atom. The van der Waals surface area contributed by atoms with E-state index in [2.05, 4.69) is 10.6 Å². The normalized spacial score (nSPS) is 17.6. The first-order valence-electron chi connectivity index (χ1n) is 8.47. The minimum atomic E-state index is -0.535. The fourth-order valence-electron chi connectivity index (χ4n) is 2.85. The maximum Gasteiger partial charge on any atom is 0.339 e. The van der Waals surface area contributed by atoms with Gasteiger partial charge in [0.2, 0.25) is 11.8 Å². The number of para-hydroxylation sites is 3. The molecule has 2 amide bonds. The molecule has 2 aromatic carbocycles. The van der Waals surface area contributed by atoms with E-state index in [1.807, 2.05) is 0 Å². The van der Waals surface area contributed by atoms with Gasteiger partial charge in [0.15, 0.2) is 0 Å². The highest BCUT2D eigenvalue weighted by molar-refractivity contribution is 6.06. The summed E-state index contributed by atoms with van der Waals surface area (Å²) in [6, 6.07) is 13.7. The molecule has 2 N–H and O–H groups in total. The zero-order chi connectivity index (χ0) is 19.4. The molecule has 2 unspecified atom stereocenters. The highest BCUT2D eigenvalue weighted by Crippen LogP contribution is 2.41. The van der Waals surface area contributed by atoms with Gasteiger partial charge in [-0.15, -0.1) is 0 Å². The number of amides is 2. The second-order valence-electron chi connectivity index (χ2n) is 6.16. The van der Waals surface area contributed by atoms with Gasteiger partial charge in [-0.1, -0.05) is 24.3 Å². The fraction of sp³-hybridized carbons (Fsp3) is 0.250. The topological polar surface area (TPSA) is 93.7 Å². The molecule has 0 heterocycles. The Balaban J connectivity index is 1.63. The maximum absolute atomic E-state index is 12.5. The lowest BCUT2D eigenvalue weighted by atomic mass is 10.1. The Kier molecular flexibility index (Phi) is 5.40. The van der Waals surface area contributed by atoms with Gasteiger partial charge >= 0.3 is 5.97 Å². The number of anilines is 2. The Labute approximate surface area is 156 Å². The number of esters is 1. The molecule has 1 fully saturated rings. The lowest BCUT2D eigenvalue weighted by molar-refractivity contribution is -0.122. The summed E-state index contributed by atoms with van der Waals surface area (Å²) in [5.41, 5.74) is 1.20. The maximum atomic E-state index is 12.5. The summed E-state index contributed by atoms with van der Waals surface area (Å²) in [6.45, 7) is 0. The van der Waals surface area contributed by atoms with Gasteiger partial charge in [-0.2, -0.15) is 0 Å². The molecule has 2 aromatic rings. The van der Waals surface area contributed by atoms with E-state index in [1.165, 1.54) is 14.2 Å². The number of hydrogen-bond donors (Lipinski definition) is 2. The molecule has 3 rings (SSSR count). The molecule has 27 heavy (non-hydrogen) atoms. The summed E-state index contributed by atoms with van der Waals surface area (Å²) in [7, 11) is 2.80. The van der Waals surface area contributed by atoms with E-state index < -0.39 is 17.8 Å². The molecule has 1 saturated carbocycles. The predicted molar refractivity (Wildman–Crippen MR) is 99.6 cm³/mol. The fourth-order valence-corrected chi connectivity index (χ4v) is 2.85. The van der Waals surface area contributed by atoms with Crippen LogP contribution < -0.4 is 15.4 Å². The van der Waals surface area contributed by atoms with Gasteiger partial charge < -0.3 is 20.1 Å². The molecular weight excluding hydrogens is 348 g/mol. The third-order valence-corrected chi connectivity index (χ3v) is 4.42. The zero-order valence-corrected chi connectivity index (χ0v) is 15.0. The third-order valence-electron chi connectivity index (χ3n) is 4.42. The first-order chi connectivity index (χ1) is 13.0. The molecule has 140 valence electrons. The Bertz CT molecular complexity index is 880. The standard InChI is InChI=1S/C20H20N2O5/c1-26-17-10-6-5-9-16(17)22-19(24)14-11-13(14)18(23)21-15-8-4-3-7-12(15)20(25)27-2/h3-10,13-14H,11H2,1-2H3,(H,21,23)(H,22,24). The van der Waals surface area contributed by atoms with E-state index in [4.69, 9.17) is 9.47 Å². The molecule has 0 bridgehead atoms. The number of carbonyl (C=O) groups excluding carboxylic acids is 3. The van der Waals surface area contributed by atoms with Gasteiger partial charge in [0.1, 0.15) is 5.75 Å². The van der Waals surface area contributed by atoms with Crippen molar-refractivity contribution in [3.63, 3.8) is 0 Å². The van der Waals surface area contributed by atoms with Gasteiger partial charge in [0, 0.05) is 0 Å². The van der Waals surface area contributed by atoms with Crippen molar-refractivity contribution in [2.75, 3.05) is 24.9 Å². The van der Waals surface area contributed by atoms with Crippen LogP contribution in [0.5, 0.6) is 5.75 Å². The minimum absolute atomic E-state index is 0.235. The summed E-state index contributed by atoms with van der Waals surface area (Å²) < 4.78 is 9.92. The van der Waals surface area contributed by atoms with Crippen LogP contribution in [0.4, 0.5) is 11.4 Å². The monoisotopic (exact) mass is 368 g/mol. The molecule has 0 saturated heterocycles. The van der Waals surface area contributed by atoms with Gasteiger partial charge in [0.25, 0.3) is 0 Å². The van der Waals surface area contributed by atoms with Crippen molar-refractivity contribution in [1.82, 2.24) is 0 Å². The van der Waals surface area contributed by atoms with E-state index in [0.717, 1.165) is 0 Å². The number of carbonyl (C=O) groups is 3. The van der Waals surface area contributed by atoms with Crippen LogP contribution in [0.2, 0.25) is 0 Å². The number of ether oxygens (including phenoxy) is 2. The lowest BCUT2D eigenvalue weighted by Gasteiger charge is -2.11. The van der Waals surface area contributed by atoms with Crippen LogP contribution in [-0.4, -0.2) is 32.0 Å². The third kappa shape index (κ3) is 4.08. The van der Waals surface area contributed by atoms with Crippen molar-refractivity contribution in [3.05, 3.63) is 54.1 Å². The smallest absolute Gasteiger partial charge is 0.339 e. The average molecular weight is 368 g/mol. The molecule has 1 aliphatic carbocycles. The van der Waals surface area contributed by atoms with E-state index in [1.54, 1.807) is 48.5 Å². The molecule has 0 radical (unpaired) electrons. The predicted octanol–water partition coefficient (Wildman–Crippen LogP) is 2.70. The van der Waals surface area contributed by atoms with Crippen molar-refractivity contribution in [2.45, 2.75) is 6.42 Å². The highest BCUT2D eigenvalue weighted by atomic mass is 16.5.